The number of aromatic nitrogens is 2. The number of ketones is 1. The highest BCUT2D eigenvalue weighted by molar-refractivity contribution is 8.00. The van der Waals surface area contributed by atoms with Crippen LogP contribution in [0.15, 0.2) is 58.2 Å². The first kappa shape index (κ1) is 17.7. The number of hydrogen-bond donors (Lipinski definition) is 0. The second-order valence-corrected chi connectivity index (χ2v) is 6.60. The maximum Gasteiger partial charge on any atom is 0.277 e. The van der Waals surface area contributed by atoms with Gasteiger partial charge in [-0.3, -0.25) is 14.9 Å². The number of Topliss-reactive ketones (excluding diaryl/α,β-unsaturated/α-hetero) is 1. The smallest absolute Gasteiger partial charge is 0.277 e. The first-order chi connectivity index (χ1) is 12.4. The van der Waals surface area contributed by atoms with Crippen LogP contribution in [0.3, 0.4) is 0 Å². The minimum absolute atomic E-state index is 0.0882. The first-order valence-electron chi connectivity index (χ1n) is 7.49. The van der Waals surface area contributed by atoms with Crippen LogP contribution in [0.2, 0.25) is 0 Å². The summed E-state index contributed by atoms with van der Waals surface area (Å²) >= 11 is 1.06. The van der Waals surface area contributed by atoms with E-state index in [1.807, 2.05) is 0 Å². The Morgan fingerprint density at radius 2 is 1.96 bits per heavy atom. The van der Waals surface area contributed by atoms with Crippen molar-refractivity contribution in [1.82, 2.24) is 10.2 Å². The van der Waals surface area contributed by atoms with Crippen LogP contribution in [0, 0.1) is 15.9 Å². The van der Waals surface area contributed by atoms with Crippen LogP contribution in [-0.2, 0) is 0 Å². The molecule has 2 aromatic carbocycles. The maximum atomic E-state index is 12.9. The van der Waals surface area contributed by atoms with Gasteiger partial charge in [0.25, 0.3) is 10.9 Å². The van der Waals surface area contributed by atoms with Crippen LogP contribution in [0.4, 0.5) is 10.1 Å². The molecule has 9 heteroatoms. The highest BCUT2D eigenvalue weighted by Gasteiger charge is 2.20. The molecular formula is C17H12FN3O4S. The van der Waals surface area contributed by atoms with Crippen molar-refractivity contribution in [2.45, 2.75) is 17.4 Å². The van der Waals surface area contributed by atoms with E-state index < -0.39 is 16.0 Å². The molecule has 0 saturated carbocycles. The van der Waals surface area contributed by atoms with E-state index in [2.05, 4.69) is 10.2 Å². The molecule has 1 heterocycles. The highest BCUT2D eigenvalue weighted by atomic mass is 32.2. The molecule has 0 amide bonds. The molecule has 3 aromatic rings. The summed E-state index contributed by atoms with van der Waals surface area (Å²) in [6.07, 6.45) is 0. The molecule has 132 valence electrons. The predicted molar refractivity (Wildman–Crippen MR) is 92.4 cm³/mol. The third kappa shape index (κ3) is 3.94. The van der Waals surface area contributed by atoms with E-state index in [-0.39, 0.29) is 22.6 Å². The summed E-state index contributed by atoms with van der Waals surface area (Å²) in [7, 11) is 0. The predicted octanol–water partition coefficient (Wildman–Crippen LogP) is 4.15. The van der Waals surface area contributed by atoms with Crippen molar-refractivity contribution in [3.63, 3.8) is 0 Å². The van der Waals surface area contributed by atoms with Crippen molar-refractivity contribution in [2.24, 2.45) is 0 Å². The minimum Gasteiger partial charge on any atom is -0.411 e. The van der Waals surface area contributed by atoms with Crippen LogP contribution in [-0.4, -0.2) is 26.2 Å². The zero-order valence-corrected chi connectivity index (χ0v) is 14.3. The van der Waals surface area contributed by atoms with Gasteiger partial charge in [-0.2, -0.15) is 0 Å². The van der Waals surface area contributed by atoms with Crippen molar-refractivity contribution in [1.29, 1.82) is 0 Å². The standard InChI is InChI=1S/C17H12FN3O4S/c1-10(15(22)11-5-7-13(18)8-6-11)26-17-20-19-16(25-17)12-3-2-4-14(9-12)21(23)24/h2-10H,1H3/t10-/m0/s1. The first-order valence-corrected chi connectivity index (χ1v) is 8.37. The summed E-state index contributed by atoms with van der Waals surface area (Å²) in [6.45, 7) is 1.67. The molecule has 0 aliphatic rings. The average Bonchev–Trinajstić information content (AvgIpc) is 3.10. The molecule has 1 atom stereocenters. The molecule has 0 aliphatic heterocycles. The monoisotopic (exact) mass is 373 g/mol. The van der Waals surface area contributed by atoms with Gasteiger partial charge in [-0.15, -0.1) is 10.2 Å². The second kappa shape index (κ2) is 7.44. The minimum atomic E-state index is -0.529. The number of nitro groups is 1. The molecule has 26 heavy (non-hydrogen) atoms. The normalized spacial score (nSPS) is 11.9. The molecule has 0 fully saturated rings. The lowest BCUT2D eigenvalue weighted by Crippen LogP contribution is -2.13. The SMILES string of the molecule is C[C@H](Sc1nnc(-c2cccc([N+](=O)[O-])c2)o1)C(=O)c1ccc(F)cc1. The molecule has 1 aromatic heterocycles. The molecular weight excluding hydrogens is 361 g/mol. The van der Waals surface area contributed by atoms with Gasteiger partial charge in [0.2, 0.25) is 5.89 Å². The van der Waals surface area contributed by atoms with E-state index in [0.29, 0.717) is 11.1 Å². The van der Waals surface area contributed by atoms with Gasteiger partial charge in [0.15, 0.2) is 5.78 Å². The average molecular weight is 373 g/mol. The van der Waals surface area contributed by atoms with Crippen LogP contribution in [0.1, 0.15) is 17.3 Å². The Morgan fingerprint density at radius 1 is 1.23 bits per heavy atom. The van der Waals surface area contributed by atoms with E-state index in [1.165, 1.54) is 42.5 Å². The lowest BCUT2D eigenvalue weighted by atomic mass is 10.1. The van der Waals surface area contributed by atoms with Gasteiger partial charge in [-0.1, -0.05) is 17.8 Å². The molecule has 0 spiro atoms. The lowest BCUT2D eigenvalue weighted by molar-refractivity contribution is -0.384. The number of thioether (sulfide) groups is 1. The van der Waals surface area contributed by atoms with Crippen LogP contribution < -0.4 is 0 Å². The van der Waals surface area contributed by atoms with Gasteiger partial charge in [0.05, 0.1) is 10.2 Å². The highest BCUT2D eigenvalue weighted by Crippen LogP contribution is 2.29. The van der Waals surface area contributed by atoms with E-state index >= 15 is 0 Å². The summed E-state index contributed by atoms with van der Waals surface area (Å²) in [5.41, 5.74) is 0.704. The number of carbonyl (C=O) groups excluding carboxylic acids is 1. The number of rotatable bonds is 6. The third-order valence-corrected chi connectivity index (χ3v) is 4.42. The van der Waals surface area contributed by atoms with E-state index in [0.717, 1.165) is 11.8 Å². The maximum absolute atomic E-state index is 12.9. The summed E-state index contributed by atoms with van der Waals surface area (Å²) < 4.78 is 18.4. The summed E-state index contributed by atoms with van der Waals surface area (Å²) in [6, 6.07) is 11.1. The number of halogens is 1. The molecule has 0 N–H and O–H groups in total. The number of nitro benzene ring substituents is 1. The van der Waals surface area contributed by atoms with Gasteiger partial charge in [-0.25, -0.2) is 4.39 Å². The number of carbonyl (C=O) groups is 1. The van der Waals surface area contributed by atoms with E-state index in [4.69, 9.17) is 4.42 Å². The van der Waals surface area contributed by atoms with Crippen molar-refractivity contribution in [3.05, 3.63) is 70.0 Å². The van der Waals surface area contributed by atoms with Gasteiger partial charge in [-0.05, 0) is 37.3 Å². The number of hydrogen-bond acceptors (Lipinski definition) is 7. The summed E-state index contributed by atoms with van der Waals surface area (Å²) in [5.74, 6) is -0.497. The molecule has 0 radical (unpaired) electrons. The number of nitrogens with zero attached hydrogens (tertiary/aromatic N) is 3. The Morgan fingerprint density at radius 3 is 2.65 bits per heavy atom. The fourth-order valence-corrected chi connectivity index (χ4v) is 2.94. The van der Waals surface area contributed by atoms with E-state index in [1.54, 1.807) is 13.0 Å². The van der Waals surface area contributed by atoms with Crippen molar-refractivity contribution in [2.75, 3.05) is 0 Å². The fourth-order valence-electron chi connectivity index (χ4n) is 2.18. The Bertz CT molecular complexity index is 959. The molecule has 0 saturated heterocycles. The van der Waals surface area contributed by atoms with Crippen LogP contribution >= 0.6 is 11.8 Å². The quantitative estimate of drug-likeness (QED) is 0.277. The molecule has 3 rings (SSSR count). The second-order valence-electron chi connectivity index (χ2n) is 5.31. The van der Waals surface area contributed by atoms with E-state index in [9.17, 15) is 19.3 Å². The largest absolute Gasteiger partial charge is 0.411 e. The summed E-state index contributed by atoms with van der Waals surface area (Å²) in [4.78, 5) is 22.7. The molecule has 0 aliphatic carbocycles. The Balaban J connectivity index is 1.73. The number of non-ortho nitro benzene ring substituents is 1. The Hall–Kier alpha value is -3.07. The zero-order chi connectivity index (χ0) is 18.7. The Labute approximate surface area is 151 Å². The van der Waals surface area contributed by atoms with Crippen LogP contribution in [0.5, 0.6) is 0 Å². The van der Waals surface area contributed by atoms with Gasteiger partial charge >= 0.3 is 0 Å². The third-order valence-electron chi connectivity index (χ3n) is 3.49. The van der Waals surface area contributed by atoms with Gasteiger partial charge < -0.3 is 4.42 Å². The number of benzene rings is 2. The van der Waals surface area contributed by atoms with Crippen molar-refractivity contribution < 1.29 is 18.5 Å². The molecule has 0 bridgehead atoms. The van der Waals surface area contributed by atoms with Crippen molar-refractivity contribution in [3.8, 4) is 11.5 Å². The zero-order valence-electron chi connectivity index (χ0n) is 13.5. The molecule has 7 nitrogen and oxygen atoms in total. The van der Waals surface area contributed by atoms with Gasteiger partial charge in [0.1, 0.15) is 5.82 Å². The molecule has 0 unspecified atom stereocenters. The fraction of sp³-hybridized carbons (Fsp3) is 0.118. The Kier molecular flexibility index (Phi) is 5.08. The van der Waals surface area contributed by atoms with Crippen LogP contribution in [0.25, 0.3) is 11.5 Å². The van der Waals surface area contributed by atoms with Crippen molar-refractivity contribution >= 4 is 23.2 Å². The van der Waals surface area contributed by atoms with Gasteiger partial charge in [0, 0.05) is 23.3 Å². The topological polar surface area (TPSA) is 99.1 Å². The lowest BCUT2D eigenvalue weighted by Gasteiger charge is -2.07. The summed E-state index contributed by atoms with van der Waals surface area (Å²) in [5, 5.41) is 18.2.